The molecule has 5 N–H and O–H groups in total. The zero-order valence-corrected chi connectivity index (χ0v) is 11.2. The van der Waals surface area contributed by atoms with Crippen molar-refractivity contribution in [3.05, 3.63) is 23.0 Å². The Kier molecular flexibility index (Phi) is 6.98. The lowest BCUT2D eigenvalue weighted by Crippen LogP contribution is -2.25. The van der Waals surface area contributed by atoms with Crippen molar-refractivity contribution in [3.8, 4) is 0 Å². The van der Waals surface area contributed by atoms with Crippen LogP contribution in [0.2, 0.25) is 0 Å². The van der Waals surface area contributed by atoms with Gasteiger partial charge >= 0.3 is 0 Å². The van der Waals surface area contributed by atoms with Crippen molar-refractivity contribution in [1.29, 1.82) is 5.41 Å². The third kappa shape index (κ3) is 4.47. The van der Waals surface area contributed by atoms with Gasteiger partial charge in [-0.25, -0.2) is 0 Å². The molecule has 0 aliphatic heterocycles. The van der Waals surface area contributed by atoms with Gasteiger partial charge in [-0.3, -0.25) is 15.2 Å². The summed E-state index contributed by atoms with van der Waals surface area (Å²) in [7, 11) is 1.00. The lowest BCUT2D eigenvalue weighted by atomic mass is 10.1. The summed E-state index contributed by atoms with van der Waals surface area (Å²) in [5.74, 6) is -0.816. The average Bonchev–Trinajstić information content (AvgIpc) is 2.38. The fourth-order valence-corrected chi connectivity index (χ4v) is 1.53. The molecule has 1 amide bonds. The first kappa shape index (κ1) is 16.7. The number of aryl methyl sites for hydroxylation is 2. The van der Waals surface area contributed by atoms with Gasteiger partial charge < -0.3 is 21.0 Å². The molecule has 104 valence electrons. The molecule has 1 aromatic heterocycles. The number of aliphatic hydroxyl groups is 1. The Labute approximate surface area is 111 Å². The summed E-state index contributed by atoms with van der Waals surface area (Å²) in [5, 5.41) is 17.4. The topological polar surface area (TPSA) is 129 Å². The summed E-state index contributed by atoms with van der Waals surface area (Å²) in [6, 6.07) is 1.59. The monoisotopic (exact) mass is 266 g/mol. The molecule has 0 bridgehead atoms. The number of carbonyl (C=O) groups excluding carboxylic acids is 2. The number of aliphatic hydroxyl groups excluding tert-OH is 1. The Hall–Kier alpha value is -2.28. The number of aldehydes is 1. The third-order valence-corrected chi connectivity index (χ3v) is 2.21. The first-order valence-electron chi connectivity index (χ1n) is 5.46. The molecule has 0 radical (unpaired) electrons. The van der Waals surface area contributed by atoms with E-state index in [0.717, 1.165) is 7.11 Å². The summed E-state index contributed by atoms with van der Waals surface area (Å²) in [6.45, 7) is 3.58. The number of carbonyl (C=O) groups is 2. The maximum atomic E-state index is 11.0. The standard InChI is InChI=1S/C11H14N4O2.CH4O/c1-6-5-8(9(12)11(13)17)10(7(2)15-6)14-3-4-16;1-2/h4-5,12,14H,3H2,1-2H3,(H2,13,17);2H,1H3. The van der Waals surface area contributed by atoms with Crippen LogP contribution in [0.15, 0.2) is 6.07 Å². The molecule has 0 atom stereocenters. The van der Waals surface area contributed by atoms with E-state index in [0.29, 0.717) is 28.9 Å². The van der Waals surface area contributed by atoms with Gasteiger partial charge in [-0.2, -0.15) is 0 Å². The van der Waals surface area contributed by atoms with Crippen LogP contribution in [0.4, 0.5) is 5.69 Å². The van der Waals surface area contributed by atoms with E-state index in [1.807, 2.05) is 0 Å². The van der Waals surface area contributed by atoms with Gasteiger partial charge in [0.1, 0.15) is 12.0 Å². The number of aromatic nitrogens is 1. The second-order valence-electron chi connectivity index (χ2n) is 3.56. The molecule has 0 saturated carbocycles. The lowest BCUT2D eigenvalue weighted by Gasteiger charge is -2.13. The van der Waals surface area contributed by atoms with Crippen LogP contribution in [0, 0.1) is 19.3 Å². The number of nitrogens with two attached hydrogens (primary N) is 1. The van der Waals surface area contributed by atoms with Crippen LogP contribution in [0.1, 0.15) is 17.0 Å². The van der Waals surface area contributed by atoms with E-state index in [1.165, 1.54) is 0 Å². The number of hydrogen-bond acceptors (Lipinski definition) is 6. The van der Waals surface area contributed by atoms with Crippen LogP contribution in [0.25, 0.3) is 0 Å². The van der Waals surface area contributed by atoms with Crippen molar-refractivity contribution in [2.75, 3.05) is 19.0 Å². The molecule has 7 nitrogen and oxygen atoms in total. The molecule has 0 saturated heterocycles. The van der Waals surface area contributed by atoms with Gasteiger partial charge in [0.2, 0.25) is 0 Å². The number of nitrogens with one attached hydrogen (secondary N) is 2. The minimum Gasteiger partial charge on any atom is -0.400 e. The summed E-state index contributed by atoms with van der Waals surface area (Å²) >= 11 is 0. The Balaban J connectivity index is 0.00000154. The number of hydrogen-bond donors (Lipinski definition) is 4. The highest BCUT2D eigenvalue weighted by atomic mass is 16.2. The number of primary amides is 1. The van der Waals surface area contributed by atoms with Crippen LogP contribution in [-0.4, -0.2) is 41.7 Å². The molecule has 1 rings (SSSR count). The van der Waals surface area contributed by atoms with Gasteiger partial charge in [-0.05, 0) is 19.9 Å². The first-order chi connectivity index (χ1) is 8.97. The first-order valence-corrected chi connectivity index (χ1v) is 5.46. The SMILES string of the molecule is CO.Cc1cc(C(=N)C(N)=O)c(NCC=O)c(C)n1. The van der Waals surface area contributed by atoms with E-state index in [4.69, 9.17) is 16.2 Å². The van der Waals surface area contributed by atoms with Gasteiger partial charge in [-0.1, -0.05) is 0 Å². The molecule has 0 aliphatic rings. The second kappa shape index (κ2) is 7.93. The van der Waals surface area contributed by atoms with E-state index in [-0.39, 0.29) is 12.3 Å². The highest BCUT2D eigenvalue weighted by Gasteiger charge is 2.15. The van der Waals surface area contributed by atoms with Gasteiger partial charge in [0.15, 0.2) is 0 Å². The number of nitrogens with zero attached hydrogens (tertiary/aromatic N) is 1. The summed E-state index contributed by atoms with van der Waals surface area (Å²) in [4.78, 5) is 25.6. The van der Waals surface area contributed by atoms with Gasteiger partial charge in [-0.15, -0.1) is 0 Å². The van der Waals surface area contributed by atoms with Gasteiger partial charge in [0.25, 0.3) is 5.91 Å². The molecule has 0 unspecified atom stereocenters. The Morgan fingerprint density at radius 2 is 2.11 bits per heavy atom. The number of pyridine rings is 1. The van der Waals surface area contributed by atoms with Crippen molar-refractivity contribution in [1.82, 2.24) is 4.98 Å². The number of amides is 1. The minimum absolute atomic E-state index is 0.0879. The van der Waals surface area contributed by atoms with Crippen molar-refractivity contribution in [2.45, 2.75) is 13.8 Å². The van der Waals surface area contributed by atoms with Crippen LogP contribution in [0.5, 0.6) is 0 Å². The van der Waals surface area contributed by atoms with Gasteiger partial charge in [0.05, 0.1) is 17.9 Å². The predicted molar refractivity (Wildman–Crippen MR) is 72.4 cm³/mol. The zero-order chi connectivity index (χ0) is 15.0. The molecule has 7 heteroatoms. The predicted octanol–water partition coefficient (Wildman–Crippen LogP) is -0.229. The van der Waals surface area contributed by atoms with Crippen molar-refractivity contribution < 1.29 is 14.7 Å². The molecule has 0 aliphatic carbocycles. The number of anilines is 1. The maximum Gasteiger partial charge on any atom is 0.267 e. The third-order valence-electron chi connectivity index (χ3n) is 2.21. The fraction of sp³-hybridized carbons (Fsp3) is 0.333. The molecular weight excluding hydrogens is 248 g/mol. The summed E-state index contributed by atoms with van der Waals surface area (Å²) in [6.07, 6.45) is 0.691. The molecule has 1 aromatic rings. The normalized spacial score (nSPS) is 9.05. The Morgan fingerprint density at radius 3 is 2.58 bits per heavy atom. The molecule has 0 fully saturated rings. The zero-order valence-electron chi connectivity index (χ0n) is 11.2. The van der Waals surface area contributed by atoms with Crippen LogP contribution in [0.3, 0.4) is 0 Å². The Morgan fingerprint density at radius 1 is 1.53 bits per heavy atom. The average molecular weight is 266 g/mol. The second-order valence-corrected chi connectivity index (χ2v) is 3.56. The van der Waals surface area contributed by atoms with Crippen LogP contribution >= 0.6 is 0 Å². The lowest BCUT2D eigenvalue weighted by molar-refractivity contribution is -0.112. The summed E-state index contributed by atoms with van der Waals surface area (Å²) in [5.41, 5.74) is 6.94. The fourth-order valence-electron chi connectivity index (χ4n) is 1.53. The molecule has 0 spiro atoms. The van der Waals surface area contributed by atoms with Crippen LogP contribution in [-0.2, 0) is 9.59 Å². The highest BCUT2D eigenvalue weighted by Crippen LogP contribution is 2.20. The van der Waals surface area contributed by atoms with Crippen molar-refractivity contribution in [3.63, 3.8) is 0 Å². The molecular formula is C12H18N4O3. The van der Waals surface area contributed by atoms with E-state index < -0.39 is 5.91 Å². The van der Waals surface area contributed by atoms with Crippen molar-refractivity contribution >= 4 is 23.6 Å². The van der Waals surface area contributed by atoms with Gasteiger partial charge in [0, 0.05) is 18.4 Å². The van der Waals surface area contributed by atoms with E-state index in [2.05, 4.69) is 10.3 Å². The molecule has 0 aromatic carbocycles. The van der Waals surface area contributed by atoms with E-state index in [1.54, 1.807) is 19.9 Å². The largest absolute Gasteiger partial charge is 0.400 e. The molecule has 19 heavy (non-hydrogen) atoms. The summed E-state index contributed by atoms with van der Waals surface area (Å²) < 4.78 is 0. The van der Waals surface area contributed by atoms with E-state index >= 15 is 0 Å². The molecule has 1 heterocycles. The minimum atomic E-state index is -0.816. The van der Waals surface area contributed by atoms with Crippen LogP contribution < -0.4 is 11.1 Å². The van der Waals surface area contributed by atoms with Crippen molar-refractivity contribution in [2.24, 2.45) is 5.73 Å². The van der Waals surface area contributed by atoms with E-state index in [9.17, 15) is 9.59 Å². The maximum absolute atomic E-state index is 11.0. The smallest absolute Gasteiger partial charge is 0.267 e. The number of rotatable bonds is 5. The Bertz CT molecular complexity index is 486. The highest BCUT2D eigenvalue weighted by molar-refractivity contribution is 6.44. The quantitative estimate of drug-likeness (QED) is 0.432.